The molecule has 0 atom stereocenters. The van der Waals surface area contributed by atoms with Crippen molar-refractivity contribution in [2.75, 3.05) is 0 Å². The maximum absolute atomic E-state index is 9.98. The Hall–Kier alpha value is -1.07. The molecule has 1 heterocycles. The third kappa shape index (κ3) is 0.955. The summed E-state index contributed by atoms with van der Waals surface area (Å²) in [7, 11) is -3.98. The summed E-state index contributed by atoms with van der Waals surface area (Å²) in [6.45, 7) is 0. The first-order valence-corrected chi connectivity index (χ1v) is 2.81. The summed E-state index contributed by atoms with van der Waals surface area (Å²) in [5, 5.41) is 5.40. The molecule has 0 saturated heterocycles. The molecule has 1 aliphatic heterocycles. The predicted molar refractivity (Wildman–Crippen MR) is 21.0 cm³/mol. The summed E-state index contributed by atoms with van der Waals surface area (Å²) in [5.74, 6) is 0. The molecule has 0 bridgehead atoms. The van der Waals surface area contributed by atoms with Gasteiger partial charge < -0.3 is 0 Å². The van der Waals surface area contributed by atoms with Crippen LogP contribution in [0.15, 0.2) is 10.3 Å². The Morgan fingerprint density at radius 2 is 1.75 bits per heavy atom. The number of rotatable bonds is 0. The van der Waals surface area contributed by atoms with Gasteiger partial charge in [0.15, 0.2) is 6.01 Å². The molecule has 0 unspecified atom stereocenters. The molecular formula is CN2O4S. The van der Waals surface area contributed by atoms with Crippen molar-refractivity contribution in [2.45, 2.75) is 0 Å². The average molecular weight is 136 g/mol. The zero-order valence-electron chi connectivity index (χ0n) is 3.44. The zero-order chi connectivity index (χ0) is 6.04. The fraction of sp³-hybridized carbons (Fsp3) is 0. The van der Waals surface area contributed by atoms with Gasteiger partial charge in [0.05, 0.1) is 0 Å². The highest BCUT2D eigenvalue weighted by Crippen LogP contribution is 1.98. The number of nitrogens with zero attached hydrogens (tertiary/aromatic N) is 2. The van der Waals surface area contributed by atoms with E-state index in [2.05, 4.69) is 18.9 Å². The van der Waals surface area contributed by atoms with Crippen molar-refractivity contribution < 1.29 is 17.0 Å². The molecule has 0 saturated carbocycles. The average Bonchev–Trinajstić information content (AvgIpc) is 1.65. The summed E-state index contributed by atoms with van der Waals surface area (Å²) in [4.78, 5) is 0. The van der Waals surface area contributed by atoms with Crippen LogP contribution >= 0.6 is 0 Å². The highest BCUT2D eigenvalue weighted by Gasteiger charge is 2.14. The highest BCUT2D eigenvalue weighted by molar-refractivity contribution is 7.81. The summed E-state index contributed by atoms with van der Waals surface area (Å²) in [6.07, 6.45) is 0. The molecule has 8 heavy (non-hydrogen) atoms. The van der Waals surface area contributed by atoms with E-state index in [1.54, 1.807) is 6.01 Å². The van der Waals surface area contributed by atoms with E-state index in [4.69, 9.17) is 0 Å². The minimum atomic E-state index is -3.98. The van der Waals surface area contributed by atoms with Gasteiger partial charge in [0.25, 0.3) is 0 Å². The summed E-state index contributed by atoms with van der Waals surface area (Å²) in [5.41, 5.74) is 0. The van der Waals surface area contributed by atoms with Crippen molar-refractivity contribution in [2.24, 2.45) is 10.3 Å². The van der Waals surface area contributed by atoms with Crippen molar-refractivity contribution >= 4 is 16.4 Å². The minimum absolute atomic E-state index is 1.77. The van der Waals surface area contributed by atoms with E-state index in [9.17, 15) is 8.42 Å². The van der Waals surface area contributed by atoms with E-state index in [0.717, 1.165) is 0 Å². The van der Waals surface area contributed by atoms with Gasteiger partial charge in [0, 0.05) is 10.3 Å². The van der Waals surface area contributed by atoms with E-state index in [1.807, 2.05) is 0 Å². The third-order valence-corrected chi connectivity index (χ3v) is 0.853. The quantitative estimate of drug-likeness (QED) is 0.440. The molecule has 0 fully saturated rings. The lowest BCUT2D eigenvalue weighted by atomic mass is 11.6. The van der Waals surface area contributed by atoms with Crippen LogP contribution in [0.1, 0.15) is 0 Å². The van der Waals surface area contributed by atoms with Gasteiger partial charge in [0.2, 0.25) is 0 Å². The minimum Gasteiger partial charge on any atom is -0.226 e. The molecule has 7 heteroatoms. The van der Waals surface area contributed by atoms with Crippen molar-refractivity contribution in [3.8, 4) is 0 Å². The standard InChI is InChI=1S/CN2O4S/c4-8(5)6-2-1-3-7-8. The molecule has 0 amide bonds. The van der Waals surface area contributed by atoms with Gasteiger partial charge in [-0.1, -0.05) is 0 Å². The Balaban J connectivity index is 2.93. The maximum atomic E-state index is 9.98. The molecule has 0 radical (unpaired) electrons. The molecular weight excluding hydrogens is 136 g/mol. The predicted octanol–water partition coefficient (Wildman–Crippen LogP) is -0.718. The van der Waals surface area contributed by atoms with Crippen LogP contribution in [0.4, 0.5) is 0 Å². The highest BCUT2D eigenvalue weighted by atomic mass is 32.3. The lowest BCUT2D eigenvalue weighted by Gasteiger charge is -1.94. The molecule has 0 N–H and O–H groups in total. The smallest absolute Gasteiger partial charge is 0.226 e. The van der Waals surface area contributed by atoms with Crippen molar-refractivity contribution in [1.82, 2.24) is 0 Å². The SMILES string of the molecule is O=S1(=O)ON=C=NO1. The molecule has 1 rings (SSSR count). The molecule has 0 spiro atoms. The van der Waals surface area contributed by atoms with Crippen LogP contribution in [-0.2, 0) is 19.0 Å². The van der Waals surface area contributed by atoms with Gasteiger partial charge in [-0.15, -0.1) is 8.42 Å². The van der Waals surface area contributed by atoms with Gasteiger partial charge in [0.1, 0.15) is 0 Å². The largest absolute Gasteiger partial charge is 0.543 e. The Kier molecular flexibility index (Phi) is 0.927. The van der Waals surface area contributed by atoms with E-state index in [0.29, 0.717) is 0 Å². The van der Waals surface area contributed by atoms with Crippen LogP contribution < -0.4 is 0 Å². The van der Waals surface area contributed by atoms with E-state index in [1.165, 1.54) is 0 Å². The topological polar surface area (TPSA) is 77.3 Å². The van der Waals surface area contributed by atoms with E-state index in [-0.39, 0.29) is 0 Å². The first kappa shape index (κ1) is 5.07. The molecule has 1 aliphatic rings. The lowest BCUT2D eigenvalue weighted by Crippen LogP contribution is -2.04. The zero-order valence-corrected chi connectivity index (χ0v) is 4.25. The Morgan fingerprint density at radius 3 is 2.00 bits per heavy atom. The van der Waals surface area contributed by atoms with E-state index < -0.39 is 10.4 Å². The van der Waals surface area contributed by atoms with Crippen LogP contribution in [0.5, 0.6) is 0 Å². The summed E-state index contributed by atoms with van der Waals surface area (Å²) >= 11 is 0. The van der Waals surface area contributed by atoms with Gasteiger partial charge >= 0.3 is 10.4 Å². The second-order valence-corrected chi connectivity index (χ2v) is 1.95. The Labute approximate surface area is 44.7 Å². The Bertz CT molecular complexity index is 217. The molecule has 0 aromatic heterocycles. The lowest BCUT2D eigenvalue weighted by molar-refractivity contribution is 0.216. The Morgan fingerprint density at radius 1 is 1.25 bits per heavy atom. The van der Waals surface area contributed by atoms with Crippen LogP contribution in [0.3, 0.4) is 0 Å². The molecule has 6 nitrogen and oxygen atoms in total. The fourth-order valence-electron chi connectivity index (χ4n) is 0.155. The van der Waals surface area contributed by atoms with Crippen LogP contribution in [0, 0.1) is 0 Å². The second-order valence-electron chi connectivity index (χ2n) is 0.840. The van der Waals surface area contributed by atoms with Gasteiger partial charge in [-0.3, -0.25) is 0 Å². The first-order valence-electron chi connectivity index (χ1n) is 1.48. The van der Waals surface area contributed by atoms with Crippen LogP contribution in [-0.4, -0.2) is 14.4 Å². The first-order chi connectivity index (χ1) is 3.71. The second kappa shape index (κ2) is 1.46. The normalized spacial score (nSPS) is 21.5. The summed E-state index contributed by atoms with van der Waals surface area (Å²) in [6, 6.07) is 1.77. The van der Waals surface area contributed by atoms with Crippen molar-refractivity contribution in [3.63, 3.8) is 0 Å². The molecule has 0 aromatic carbocycles. The maximum Gasteiger partial charge on any atom is 0.543 e. The molecule has 0 aromatic rings. The van der Waals surface area contributed by atoms with Crippen molar-refractivity contribution in [3.05, 3.63) is 0 Å². The molecule has 0 aliphatic carbocycles. The van der Waals surface area contributed by atoms with Crippen LogP contribution in [0.25, 0.3) is 0 Å². The monoisotopic (exact) mass is 136 g/mol. The number of hydrogen-bond donors (Lipinski definition) is 0. The van der Waals surface area contributed by atoms with Gasteiger partial charge in [-0.05, 0) is 0 Å². The third-order valence-electron chi connectivity index (χ3n) is 0.339. The van der Waals surface area contributed by atoms with Gasteiger partial charge in [-0.2, -0.15) is 0 Å². The fourth-order valence-corrected chi connectivity index (χ4v) is 0.431. The number of hydrogen-bond acceptors (Lipinski definition) is 6. The summed E-state index contributed by atoms with van der Waals surface area (Å²) < 4.78 is 27.2. The van der Waals surface area contributed by atoms with Gasteiger partial charge in [-0.25, -0.2) is 8.57 Å². The van der Waals surface area contributed by atoms with Crippen LogP contribution in [0.2, 0.25) is 0 Å². The van der Waals surface area contributed by atoms with E-state index >= 15 is 0 Å². The molecule has 44 valence electrons. The van der Waals surface area contributed by atoms with Crippen molar-refractivity contribution in [1.29, 1.82) is 0 Å².